The molecule has 2 N–H and O–H groups in total. The molecule has 1 atom stereocenters. The minimum absolute atomic E-state index is 0.179. The smallest absolute Gasteiger partial charge is 0.175 e. The largest absolute Gasteiger partial charge is 0.490 e. The van der Waals surface area contributed by atoms with Crippen LogP contribution < -0.4 is 14.8 Å². The molecule has 0 amide bonds. The predicted molar refractivity (Wildman–Crippen MR) is 124 cm³/mol. The van der Waals surface area contributed by atoms with Crippen LogP contribution in [0.5, 0.6) is 11.5 Å². The fraction of sp³-hybridized carbons (Fsp3) is 0.250. The third-order valence-corrected chi connectivity index (χ3v) is 5.55. The molecule has 164 valence electrons. The van der Waals surface area contributed by atoms with Gasteiger partial charge in [-0.25, -0.2) is 4.39 Å². The quantitative estimate of drug-likeness (QED) is 0.350. The maximum absolute atomic E-state index is 13.3. The van der Waals surface area contributed by atoms with Gasteiger partial charge in [0.2, 0.25) is 0 Å². The number of aliphatic hydroxyl groups is 1. The number of hydrogen-bond acceptors (Lipinski definition) is 4. The van der Waals surface area contributed by atoms with E-state index in [0.717, 1.165) is 15.6 Å². The molecule has 0 bridgehead atoms. The highest BCUT2D eigenvalue weighted by atomic mass is 79.9. The van der Waals surface area contributed by atoms with Crippen LogP contribution in [0.4, 0.5) is 4.39 Å². The van der Waals surface area contributed by atoms with Crippen molar-refractivity contribution in [1.82, 2.24) is 5.32 Å². The molecule has 31 heavy (non-hydrogen) atoms. The molecule has 3 aromatic carbocycles. The van der Waals surface area contributed by atoms with Crippen LogP contribution in [-0.2, 0) is 13.2 Å². The second-order valence-electron chi connectivity index (χ2n) is 6.92. The van der Waals surface area contributed by atoms with Crippen LogP contribution in [-0.4, -0.2) is 18.3 Å². The summed E-state index contributed by atoms with van der Waals surface area (Å²) in [7, 11) is 0. The van der Waals surface area contributed by atoms with Crippen molar-refractivity contribution in [3.8, 4) is 11.5 Å². The molecule has 1 unspecified atom stereocenters. The van der Waals surface area contributed by atoms with Crippen LogP contribution in [0.15, 0.2) is 65.1 Å². The number of benzene rings is 3. The summed E-state index contributed by atoms with van der Waals surface area (Å²) in [6.07, 6.45) is -0.584. The molecule has 0 spiro atoms. The topological polar surface area (TPSA) is 50.7 Å². The summed E-state index contributed by atoms with van der Waals surface area (Å²) >= 11 is 9.65. The maximum atomic E-state index is 13.3. The predicted octanol–water partition coefficient (Wildman–Crippen LogP) is 6.04. The second-order valence-corrected chi connectivity index (χ2v) is 8.18. The van der Waals surface area contributed by atoms with Crippen molar-refractivity contribution in [2.24, 2.45) is 0 Å². The minimum atomic E-state index is -0.584. The van der Waals surface area contributed by atoms with E-state index in [1.165, 1.54) is 12.1 Å². The Balaban J connectivity index is 1.66. The molecule has 0 aromatic heterocycles. The van der Waals surface area contributed by atoms with Gasteiger partial charge in [-0.3, -0.25) is 0 Å². The monoisotopic (exact) mass is 507 g/mol. The second kappa shape index (κ2) is 11.5. The molecule has 7 heteroatoms. The van der Waals surface area contributed by atoms with Crippen LogP contribution in [0.2, 0.25) is 5.02 Å². The molecule has 0 saturated carbocycles. The fourth-order valence-corrected chi connectivity index (χ4v) is 3.89. The van der Waals surface area contributed by atoms with E-state index < -0.39 is 6.10 Å². The highest BCUT2D eigenvalue weighted by molar-refractivity contribution is 9.10. The van der Waals surface area contributed by atoms with Gasteiger partial charge in [0.25, 0.3) is 0 Å². The van der Waals surface area contributed by atoms with Crippen molar-refractivity contribution in [2.45, 2.75) is 26.2 Å². The van der Waals surface area contributed by atoms with E-state index in [0.29, 0.717) is 41.8 Å². The maximum Gasteiger partial charge on any atom is 0.175 e. The first-order valence-corrected chi connectivity index (χ1v) is 11.1. The van der Waals surface area contributed by atoms with Gasteiger partial charge in [0.05, 0.1) is 22.2 Å². The summed E-state index contributed by atoms with van der Waals surface area (Å²) in [6.45, 7) is 3.53. The lowest BCUT2D eigenvalue weighted by Gasteiger charge is -2.17. The lowest BCUT2D eigenvalue weighted by Crippen LogP contribution is -2.21. The highest BCUT2D eigenvalue weighted by Gasteiger charge is 2.14. The average Bonchev–Trinajstić information content (AvgIpc) is 2.75. The Bertz CT molecular complexity index is 1000. The first kappa shape index (κ1) is 23.5. The van der Waals surface area contributed by atoms with Crippen molar-refractivity contribution in [2.75, 3.05) is 13.2 Å². The van der Waals surface area contributed by atoms with Gasteiger partial charge in [0.15, 0.2) is 11.5 Å². The highest BCUT2D eigenvalue weighted by Crippen LogP contribution is 2.38. The molecule has 0 aliphatic heterocycles. The molecule has 4 nitrogen and oxygen atoms in total. The first-order chi connectivity index (χ1) is 15.0. The van der Waals surface area contributed by atoms with Gasteiger partial charge in [-0.2, -0.15) is 0 Å². The van der Waals surface area contributed by atoms with Crippen molar-refractivity contribution in [3.63, 3.8) is 0 Å². The number of ether oxygens (including phenoxy) is 2. The van der Waals surface area contributed by atoms with Gasteiger partial charge in [-0.1, -0.05) is 48.0 Å². The van der Waals surface area contributed by atoms with E-state index in [4.69, 9.17) is 21.1 Å². The standard InChI is InChI=1S/C24H24BrClFNO3/c1-2-30-23-11-16(13-28-14-22(29)17-6-4-3-5-7-17)10-20(25)24(23)31-15-18-8-9-19(27)12-21(18)26/h3-12,22,28-29H,2,13-15H2,1H3. The van der Waals surface area contributed by atoms with Crippen LogP contribution in [0.3, 0.4) is 0 Å². The zero-order valence-corrected chi connectivity index (χ0v) is 19.4. The minimum Gasteiger partial charge on any atom is -0.490 e. The number of aliphatic hydroxyl groups excluding tert-OH is 1. The Morgan fingerprint density at radius 2 is 1.87 bits per heavy atom. The van der Waals surface area contributed by atoms with E-state index in [1.54, 1.807) is 6.07 Å². The van der Waals surface area contributed by atoms with Crippen molar-refractivity contribution in [1.29, 1.82) is 0 Å². The van der Waals surface area contributed by atoms with Gasteiger partial charge >= 0.3 is 0 Å². The lowest BCUT2D eigenvalue weighted by atomic mass is 10.1. The van der Waals surface area contributed by atoms with Crippen molar-refractivity contribution >= 4 is 27.5 Å². The molecule has 0 radical (unpaired) electrons. The zero-order chi connectivity index (χ0) is 22.2. The fourth-order valence-electron chi connectivity index (χ4n) is 3.06. The molecule has 0 saturated heterocycles. The SMILES string of the molecule is CCOc1cc(CNCC(O)c2ccccc2)cc(Br)c1OCc1ccc(F)cc1Cl. The zero-order valence-electron chi connectivity index (χ0n) is 17.1. The molecular weight excluding hydrogens is 485 g/mol. The summed E-state index contributed by atoms with van der Waals surface area (Å²) in [5.41, 5.74) is 2.52. The van der Waals surface area contributed by atoms with E-state index >= 15 is 0 Å². The van der Waals surface area contributed by atoms with Crippen LogP contribution >= 0.6 is 27.5 Å². The summed E-state index contributed by atoms with van der Waals surface area (Å²) in [5.74, 6) is 0.755. The number of nitrogens with one attached hydrogen (secondary N) is 1. The Labute approximate surface area is 195 Å². The van der Waals surface area contributed by atoms with Gasteiger partial charge in [-0.15, -0.1) is 0 Å². The van der Waals surface area contributed by atoms with Crippen LogP contribution in [0, 0.1) is 5.82 Å². The Hall–Kier alpha value is -2.12. The van der Waals surface area contributed by atoms with Gasteiger partial charge in [0.1, 0.15) is 12.4 Å². The summed E-state index contributed by atoms with van der Waals surface area (Å²) in [4.78, 5) is 0. The Morgan fingerprint density at radius 1 is 1.10 bits per heavy atom. The van der Waals surface area contributed by atoms with E-state index in [9.17, 15) is 9.50 Å². The van der Waals surface area contributed by atoms with Gasteiger partial charge < -0.3 is 19.9 Å². The van der Waals surface area contributed by atoms with Crippen molar-refractivity contribution in [3.05, 3.63) is 92.7 Å². The first-order valence-electron chi connectivity index (χ1n) is 9.93. The molecule has 3 aromatic rings. The van der Waals surface area contributed by atoms with E-state index in [2.05, 4.69) is 21.2 Å². The molecule has 3 rings (SSSR count). The third-order valence-electron chi connectivity index (χ3n) is 4.61. The Morgan fingerprint density at radius 3 is 2.58 bits per heavy atom. The molecular formula is C24H24BrClFNO3. The van der Waals surface area contributed by atoms with Gasteiger partial charge in [0, 0.05) is 18.7 Å². The van der Waals surface area contributed by atoms with E-state index in [1.807, 2.05) is 49.4 Å². The van der Waals surface area contributed by atoms with Crippen LogP contribution in [0.1, 0.15) is 29.7 Å². The third kappa shape index (κ3) is 6.68. The number of rotatable bonds is 10. The average molecular weight is 509 g/mol. The molecule has 0 aliphatic carbocycles. The molecule has 0 aliphatic rings. The number of halogens is 3. The number of hydrogen-bond donors (Lipinski definition) is 2. The summed E-state index contributed by atoms with van der Waals surface area (Å²) in [6, 6.07) is 17.6. The normalized spacial score (nSPS) is 11.9. The van der Waals surface area contributed by atoms with E-state index in [-0.39, 0.29) is 12.4 Å². The molecule has 0 fully saturated rings. The lowest BCUT2D eigenvalue weighted by molar-refractivity contribution is 0.174. The van der Waals surface area contributed by atoms with Crippen LogP contribution in [0.25, 0.3) is 0 Å². The Kier molecular flexibility index (Phi) is 8.72. The summed E-state index contributed by atoms with van der Waals surface area (Å²) in [5, 5.41) is 13.9. The molecule has 0 heterocycles. The van der Waals surface area contributed by atoms with Gasteiger partial charge in [-0.05, 0) is 58.2 Å². The van der Waals surface area contributed by atoms with Crippen molar-refractivity contribution < 1.29 is 19.0 Å². The summed E-state index contributed by atoms with van der Waals surface area (Å²) < 4.78 is 25.7.